The fourth-order valence-electron chi connectivity index (χ4n) is 3.90. The van der Waals surface area contributed by atoms with E-state index in [2.05, 4.69) is 58.5 Å². The van der Waals surface area contributed by atoms with Crippen LogP contribution in [0.1, 0.15) is 16.7 Å². The van der Waals surface area contributed by atoms with Crippen molar-refractivity contribution < 1.29 is 4.21 Å². The third-order valence-electron chi connectivity index (χ3n) is 5.56. The molecule has 4 rings (SSSR count). The van der Waals surface area contributed by atoms with Crippen LogP contribution >= 0.6 is 11.6 Å². The highest BCUT2D eigenvalue weighted by atomic mass is 35.5. The molecule has 0 amide bonds. The van der Waals surface area contributed by atoms with Crippen LogP contribution in [0.4, 0.5) is 11.4 Å². The molecule has 1 aliphatic heterocycles. The molecular formula is C24H26ClN3OS. The lowest BCUT2D eigenvalue weighted by Gasteiger charge is -2.30. The van der Waals surface area contributed by atoms with Gasteiger partial charge in [0.25, 0.3) is 0 Å². The second-order valence-corrected chi connectivity index (χ2v) is 9.75. The SMILES string of the molecule is Cc1ccc(Nc2cccc3c2CCN(CCS(C)=O)C3)cc1-c1ccc(Cl)cn1. The van der Waals surface area contributed by atoms with Crippen LogP contribution in [0, 0.1) is 6.92 Å². The summed E-state index contributed by atoms with van der Waals surface area (Å²) in [5.74, 6) is 0.734. The van der Waals surface area contributed by atoms with Gasteiger partial charge in [-0.25, -0.2) is 0 Å². The van der Waals surface area contributed by atoms with E-state index in [1.54, 1.807) is 12.5 Å². The summed E-state index contributed by atoms with van der Waals surface area (Å²) < 4.78 is 11.4. The molecule has 3 aromatic rings. The molecule has 4 nitrogen and oxygen atoms in total. The molecule has 0 fully saturated rings. The smallest absolute Gasteiger partial charge is 0.0706 e. The standard InChI is InChI=1S/C24H26ClN3OS/c1-17-6-8-20(14-22(17)23-9-7-19(25)15-26-23)27-24-5-3-4-18-16-28(11-10-21(18)24)12-13-30(2)29/h3-9,14-15,27H,10-13,16H2,1-2H3. The molecule has 1 N–H and O–H groups in total. The molecule has 0 bridgehead atoms. The van der Waals surface area contributed by atoms with Crippen LogP contribution < -0.4 is 5.32 Å². The maximum atomic E-state index is 11.4. The minimum atomic E-state index is -0.744. The maximum absolute atomic E-state index is 11.4. The lowest BCUT2D eigenvalue weighted by molar-refractivity contribution is 0.270. The molecule has 6 heteroatoms. The number of nitrogens with one attached hydrogen (secondary N) is 1. The molecule has 1 aromatic heterocycles. The van der Waals surface area contributed by atoms with E-state index in [9.17, 15) is 4.21 Å². The van der Waals surface area contributed by atoms with Gasteiger partial charge in [-0.3, -0.25) is 14.1 Å². The van der Waals surface area contributed by atoms with Crippen LogP contribution in [-0.2, 0) is 23.8 Å². The highest BCUT2D eigenvalue weighted by Gasteiger charge is 2.19. The van der Waals surface area contributed by atoms with Crippen molar-refractivity contribution in [2.45, 2.75) is 19.9 Å². The van der Waals surface area contributed by atoms with Crippen LogP contribution in [0.25, 0.3) is 11.3 Å². The van der Waals surface area contributed by atoms with E-state index in [4.69, 9.17) is 11.6 Å². The molecule has 0 saturated heterocycles. The monoisotopic (exact) mass is 439 g/mol. The van der Waals surface area contributed by atoms with Gasteiger partial charge < -0.3 is 5.32 Å². The zero-order chi connectivity index (χ0) is 21.1. The normalized spacial score (nSPS) is 14.9. The summed E-state index contributed by atoms with van der Waals surface area (Å²) in [4.78, 5) is 6.87. The van der Waals surface area contributed by atoms with Crippen molar-refractivity contribution >= 4 is 33.8 Å². The Labute approximate surface area is 185 Å². The van der Waals surface area contributed by atoms with Crippen molar-refractivity contribution in [2.24, 2.45) is 0 Å². The van der Waals surface area contributed by atoms with Crippen molar-refractivity contribution in [3.63, 3.8) is 0 Å². The Bertz CT molecular complexity index is 1070. The summed E-state index contributed by atoms with van der Waals surface area (Å²) in [7, 11) is -0.744. The number of hydrogen-bond acceptors (Lipinski definition) is 4. The summed E-state index contributed by atoms with van der Waals surface area (Å²) in [6.45, 7) is 4.89. The van der Waals surface area contributed by atoms with Crippen LogP contribution in [0.15, 0.2) is 54.7 Å². The van der Waals surface area contributed by atoms with E-state index in [0.29, 0.717) is 5.02 Å². The average molecular weight is 440 g/mol. The van der Waals surface area contributed by atoms with E-state index in [1.807, 2.05) is 12.1 Å². The molecule has 0 aliphatic carbocycles. The number of nitrogens with zero attached hydrogens (tertiary/aromatic N) is 2. The zero-order valence-corrected chi connectivity index (χ0v) is 18.9. The summed E-state index contributed by atoms with van der Waals surface area (Å²) >= 11 is 6.00. The minimum absolute atomic E-state index is 0.640. The van der Waals surface area contributed by atoms with Crippen LogP contribution in [0.3, 0.4) is 0 Å². The Morgan fingerprint density at radius 3 is 2.83 bits per heavy atom. The fraction of sp³-hybridized carbons (Fsp3) is 0.292. The van der Waals surface area contributed by atoms with Gasteiger partial charge in [0.15, 0.2) is 0 Å². The van der Waals surface area contributed by atoms with Crippen LogP contribution in [0.2, 0.25) is 5.02 Å². The molecule has 1 unspecified atom stereocenters. The van der Waals surface area contributed by atoms with Gasteiger partial charge in [0.1, 0.15) is 0 Å². The summed E-state index contributed by atoms with van der Waals surface area (Å²) in [5, 5.41) is 4.26. The lowest BCUT2D eigenvalue weighted by atomic mass is 9.97. The predicted octanol–water partition coefficient (Wildman–Crippen LogP) is 5.19. The van der Waals surface area contributed by atoms with Gasteiger partial charge in [0.2, 0.25) is 0 Å². The first-order valence-corrected chi connectivity index (χ1v) is 12.2. The van der Waals surface area contributed by atoms with E-state index < -0.39 is 10.8 Å². The maximum Gasteiger partial charge on any atom is 0.0706 e. The van der Waals surface area contributed by atoms with E-state index >= 15 is 0 Å². The van der Waals surface area contributed by atoms with Crippen molar-refractivity contribution in [1.82, 2.24) is 9.88 Å². The molecule has 1 atom stereocenters. The summed E-state index contributed by atoms with van der Waals surface area (Å²) in [6, 6.07) is 16.7. The first-order valence-electron chi connectivity index (χ1n) is 10.1. The number of halogens is 1. The Morgan fingerprint density at radius 1 is 1.20 bits per heavy atom. The summed E-state index contributed by atoms with van der Waals surface area (Å²) in [6.07, 6.45) is 4.45. The molecule has 0 radical (unpaired) electrons. The van der Waals surface area contributed by atoms with Gasteiger partial charge in [-0.1, -0.05) is 29.8 Å². The first-order chi connectivity index (χ1) is 14.5. The molecule has 1 aliphatic rings. The topological polar surface area (TPSA) is 45.2 Å². The van der Waals surface area contributed by atoms with Crippen LogP contribution in [-0.4, -0.2) is 39.2 Å². The molecule has 156 valence electrons. The predicted molar refractivity (Wildman–Crippen MR) is 127 cm³/mol. The van der Waals surface area contributed by atoms with Gasteiger partial charge in [-0.05, 0) is 60.4 Å². The van der Waals surface area contributed by atoms with Crippen molar-refractivity contribution in [2.75, 3.05) is 30.4 Å². The number of rotatable bonds is 6. The summed E-state index contributed by atoms with van der Waals surface area (Å²) in [5.41, 5.74) is 8.11. The molecule has 30 heavy (non-hydrogen) atoms. The van der Waals surface area contributed by atoms with Crippen molar-refractivity contribution in [3.8, 4) is 11.3 Å². The highest BCUT2D eigenvalue weighted by molar-refractivity contribution is 7.84. The molecule has 2 aromatic carbocycles. The van der Waals surface area contributed by atoms with E-state index in [0.717, 1.165) is 54.4 Å². The van der Waals surface area contributed by atoms with Gasteiger partial charge in [0, 0.05) is 65.6 Å². The van der Waals surface area contributed by atoms with Crippen molar-refractivity contribution in [3.05, 3.63) is 76.4 Å². The highest BCUT2D eigenvalue weighted by Crippen LogP contribution is 2.31. The number of fused-ring (bicyclic) bond motifs is 1. The second kappa shape index (κ2) is 9.29. The Balaban J connectivity index is 1.56. The van der Waals surface area contributed by atoms with Gasteiger partial charge in [-0.2, -0.15) is 0 Å². The Hall–Kier alpha value is -2.21. The lowest BCUT2D eigenvalue weighted by Crippen LogP contribution is -2.33. The number of pyridine rings is 1. The molecule has 0 saturated carbocycles. The number of aromatic nitrogens is 1. The first kappa shape index (κ1) is 21.0. The molecule has 2 heterocycles. The number of hydrogen-bond donors (Lipinski definition) is 1. The number of aryl methyl sites for hydroxylation is 1. The van der Waals surface area contributed by atoms with E-state index in [-0.39, 0.29) is 0 Å². The number of benzene rings is 2. The zero-order valence-electron chi connectivity index (χ0n) is 17.3. The second-order valence-electron chi connectivity index (χ2n) is 7.76. The Kier molecular flexibility index (Phi) is 6.52. The third-order valence-corrected chi connectivity index (χ3v) is 6.54. The van der Waals surface area contributed by atoms with Gasteiger partial charge in [-0.15, -0.1) is 0 Å². The third kappa shape index (κ3) is 4.91. The molecule has 0 spiro atoms. The fourth-order valence-corrected chi connectivity index (χ4v) is 4.53. The van der Waals surface area contributed by atoms with Gasteiger partial charge >= 0.3 is 0 Å². The Morgan fingerprint density at radius 2 is 2.07 bits per heavy atom. The van der Waals surface area contributed by atoms with Crippen molar-refractivity contribution in [1.29, 1.82) is 0 Å². The van der Waals surface area contributed by atoms with Gasteiger partial charge in [0.05, 0.1) is 10.7 Å². The van der Waals surface area contributed by atoms with Crippen LogP contribution in [0.5, 0.6) is 0 Å². The van der Waals surface area contributed by atoms with E-state index in [1.165, 1.54) is 16.7 Å². The average Bonchev–Trinajstić information content (AvgIpc) is 2.74. The minimum Gasteiger partial charge on any atom is -0.355 e. The largest absolute Gasteiger partial charge is 0.355 e. The molecular weight excluding hydrogens is 414 g/mol. The quantitative estimate of drug-likeness (QED) is 0.574. The number of anilines is 2.